The molecule has 1 aliphatic carbocycles. The van der Waals surface area contributed by atoms with Crippen molar-refractivity contribution in [3.05, 3.63) is 46.9 Å². The molecule has 0 amide bonds. The van der Waals surface area contributed by atoms with Gasteiger partial charge in [0.1, 0.15) is 23.8 Å². The molecule has 2 aliphatic heterocycles. The third-order valence-electron chi connectivity index (χ3n) is 7.91. The number of fused-ring (bicyclic) bond motifs is 1. The summed E-state index contributed by atoms with van der Waals surface area (Å²) >= 11 is 0. The molecule has 0 unspecified atom stereocenters. The number of anilines is 1. The highest BCUT2D eigenvalue weighted by Crippen LogP contribution is 2.43. The average molecular weight is 497 g/mol. The van der Waals surface area contributed by atoms with Crippen molar-refractivity contribution in [2.45, 2.75) is 75.9 Å². The molecule has 0 spiro atoms. The van der Waals surface area contributed by atoms with E-state index in [0.29, 0.717) is 31.8 Å². The summed E-state index contributed by atoms with van der Waals surface area (Å²) in [5.41, 5.74) is 3.82. The second kappa shape index (κ2) is 11.1. The number of ether oxygens (including phenoxy) is 1. The average Bonchev–Trinajstić information content (AvgIpc) is 3.63. The Balaban J connectivity index is 1.13. The van der Waals surface area contributed by atoms with E-state index in [0.717, 1.165) is 85.6 Å². The molecule has 1 saturated carbocycles. The first kappa shape index (κ1) is 24.9. The number of unbranched alkanes of at least 4 members (excludes halogenated alkanes) is 1. The van der Waals surface area contributed by atoms with Crippen LogP contribution in [0.4, 0.5) is 10.2 Å². The van der Waals surface area contributed by atoms with E-state index in [1.54, 1.807) is 13.3 Å². The Morgan fingerprint density at radius 1 is 1.33 bits per heavy atom. The number of aromatic nitrogens is 2. The molecule has 1 saturated heterocycles. The molecule has 2 aromatic rings. The fourth-order valence-corrected chi connectivity index (χ4v) is 5.84. The van der Waals surface area contributed by atoms with E-state index >= 15 is 4.39 Å². The number of carboxylic acids is 1. The second-order valence-corrected chi connectivity index (χ2v) is 10.5. The highest BCUT2D eigenvalue weighted by Gasteiger charge is 2.39. The largest absolute Gasteiger partial charge is 0.496 e. The lowest BCUT2D eigenvalue weighted by atomic mass is 9.97. The Bertz CT molecular complexity index is 1060. The fraction of sp³-hybridized carbons (Fsp3) is 0.607. The van der Waals surface area contributed by atoms with Gasteiger partial charge in [0, 0.05) is 59.7 Å². The smallest absolute Gasteiger partial charge is 0.325 e. The van der Waals surface area contributed by atoms with Crippen molar-refractivity contribution in [1.29, 1.82) is 0 Å². The molecule has 36 heavy (non-hydrogen) atoms. The number of alkyl halides is 1. The SMILES string of the molecule is COc1cc(CCCC[C@H](F)[C@@H]2CCN([C@@H](C(=O)O)c3cccnc3C3CC3)C2)nc2c1CCCN2. The quantitative estimate of drug-likeness (QED) is 0.427. The lowest BCUT2D eigenvalue weighted by molar-refractivity contribution is -0.143. The molecule has 3 aliphatic rings. The molecule has 0 radical (unpaired) electrons. The molecule has 2 aromatic heterocycles. The van der Waals surface area contributed by atoms with Crippen LogP contribution < -0.4 is 10.1 Å². The standard InChI is InChI=1S/C28H37FN4O3/c1-36-24-16-20(32-27-21(24)7-4-14-31-27)6-2-3-9-23(29)19-12-15-33(17-19)26(28(34)35)22-8-5-13-30-25(22)18-10-11-18/h5,8,13,16,18-19,23,26H,2-4,6-7,9-12,14-15,17H2,1H3,(H,31,32)(H,34,35)/t19-,23+,26-/m1/s1. The van der Waals surface area contributed by atoms with Crippen LogP contribution in [0.3, 0.4) is 0 Å². The van der Waals surface area contributed by atoms with E-state index < -0.39 is 18.2 Å². The molecular weight excluding hydrogens is 459 g/mol. The molecule has 7 nitrogen and oxygen atoms in total. The highest BCUT2D eigenvalue weighted by atomic mass is 19.1. The summed E-state index contributed by atoms with van der Waals surface area (Å²) < 4.78 is 20.8. The lowest BCUT2D eigenvalue weighted by Crippen LogP contribution is -2.34. The number of hydrogen-bond acceptors (Lipinski definition) is 6. The number of carboxylic acid groups (broad SMARTS) is 1. The number of rotatable bonds is 11. The molecule has 194 valence electrons. The third-order valence-corrected chi connectivity index (χ3v) is 7.91. The van der Waals surface area contributed by atoms with Crippen LogP contribution in [0.15, 0.2) is 24.4 Å². The Kier molecular flexibility index (Phi) is 7.70. The number of likely N-dealkylation sites (tertiary alicyclic amines) is 1. The molecule has 3 atom stereocenters. The van der Waals surface area contributed by atoms with E-state index in [-0.39, 0.29) is 5.92 Å². The number of aryl methyl sites for hydroxylation is 1. The Hall–Kier alpha value is -2.74. The van der Waals surface area contributed by atoms with Gasteiger partial charge >= 0.3 is 5.97 Å². The first-order chi connectivity index (χ1) is 17.5. The maximum absolute atomic E-state index is 15.2. The summed E-state index contributed by atoms with van der Waals surface area (Å²) in [6.45, 7) is 2.01. The highest BCUT2D eigenvalue weighted by molar-refractivity contribution is 5.76. The molecule has 0 aromatic carbocycles. The van der Waals surface area contributed by atoms with Gasteiger partial charge in [0.15, 0.2) is 0 Å². The van der Waals surface area contributed by atoms with Crippen LogP contribution in [0.2, 0.25) is 0 Å². The van der Waals surface area contributed by atoms with Crippen molar-refractivity contribution in [2.24, 2.45) is 5.92 Å². The van der Waals surface area contributed by atoms with Crippen molar-refractivity contribution in [1.82, 2.24) is 14.9 Å². The number of methoxy groups -OCH3 is 1. The van der Waals surface area contributed by atoms with Crippen molar-refractivity contribution in [3.8, 4) is 5.75 Å². The van der Waals surface area contributed by atoms with Crippen molar-refractivity contribution in [2.75, 3.05) is 32.1 Å². The Labute approximate surface area is 212 Å². The normalized spacial score (nSPS) is 21.4. The van der Waals surface area contributed by atoms with Crippen LogP contribution in [0.25, 0.3) is 0 Å². The minimum absolute atomic E-state index is 0.126. The number of halogens is 1. The summed E-state index contributed by atoms with van der Waals surface area (Å²) in [7, 11) is 1.70. The predicted molar refractivity (Wildman–Crippen MR) is 136 cm³/mol. The predicted octanol–water partition coefficient (Wildman–Crippen LogP) is 4.92. The topological polar surface area (TPSA) is 87.6 Å². The zero-order chi connectivity index (χ0) is 25.1. The third kappa shape index (κ3) is 5.48. The van der Waals surface area contributed by atoms with E-state index in [1.165, 1.54) is 0 Å². The number of pyridine rings is 2. The Morgan fingerprint density at radius 2 is 2.19 bits per heavy atom. The van der Waals surface area contributed by atoms with Crippen LogP contribution >= 0.6 is 0 Å². The zero-order valence-corrected chi connectivity index (χ0v) is 21.1. The lowest BCUT2D eigenvalue weighted by Gasteiger charge is -2.26. The van der Waals surface area contributed by atoms with Crippen LogP contribution in [0.5, 0.6) is 5.75 Å². The monoisotopic (exact) mass is 496 g/mol. The number of nitrogens with one attached hydrogen (secondary N) is 1. The van der Waals surface area contributed by atoms with E-state index in [9.17, 15) is 9.90 Å². The summed E-state index contributed by atoms with van der Waals surface area (Å²) in [4.78, 5) is 23.5. The minimum Gasteiger partial charge on any atom is -0.496 e. The molecule has 8 heteroatoms. The summed E-state index contributed by atoms with van der Waals surface area (Å²) in [5.74, 6) is 1.19. The van der Waals surface area contributed by atoms with Gasteiger partial charge in [0.05, 0.1) is 7.11 Å². The van der Waals surface area contributed by atoms with Gasteiger partial charge in [-0.15, -0.1) is 0 Å². The van der Waals surface area contributed by atoms with Crippen molar-refractivity contribution in [3.63, 3.8) is 0 Å². The maximum Gasteiger partial charge on any atom is 0.325 e. The molecule has 5 rings (SSSR count). The maximum atomic E-state index is 15.2. The van der Waals surface area contributed by atoms with Gasteiger partial charge < -0.3 is 15.2 Å². The van der Waals surface area contributed by atoms with Crippen molar-refractivity contribution >= 4 is 11.8 Å². The van der Waals surface area contributed by atoms with E-state index in [4.69, 9.17) is 9.72 Å². The van der Waals surface area contributed by atoms with Gasteiger partial charge in [0.2, 0.25) is 0 Å². The zero-order valence-electron chi connectivity index (χ0n) is 21.1. The first-order valence-corrected chi connectivity index (χ1v) is 13.4. The summed E-state index contributed by atoms with van der Waals surface area (Å²) in [6.07, 6.45) is 8.64. The van der Waals surface area contributed by atoms with Crippen LogP contribution in [-0.2, 0) is 17.6 Å². The molecular formula is C28H37FN4O3. The molecule has 2 N–H and O–H groups in total. The number of carbonyl (C=O) groups is 1. The van der Waals surface area contributed by atoms with Crippen LogP contribution in [0, 0.1) is 5.92 Å². The Morgan fingerprint density at radius 3 is 2.97 bits per heavy atom. The van der Waals surface area contributed by atoms with Gasteiger partial charge in [0.25, 0.3) is 0 Å². The number of hydrogen-bond donors (Lipinski definition) is 2. The molecule has 0 bridgehead atoms. The van der Waals surface area contributed by atoms with Crippen LogP contribution in [-0.4, -0.2) is 58.9 Å². The molecule has 4 heterocycles. The van der Waals surface area contributed by atoms with Gasteiger partial charge in [-0.2, -0.15) is 0 Å². The van der Waals surface area contributed by atoms with Gasteiger partial charge in [-0.1, -0.05) is 12.5 Å². The molecule has 2 fully saturated rings. The number of aliphatic carboxylic acids is 1. The summed E-state index contributed by atoms with van der Waals surface area (Å²) in [6, 6.07) is 4.98. The summed E-state index contributed by atoms with van der Waals surface area (Å²) in [5, 5.41) is 13.4. The fourth-order valence-electron chi connectivity index (χ4n) is 5.84. The second-order valence-electron chi connectivity index (χ2n) is 10.5. The first-order valence-electron chi connectivity index (χ1n) is 13.4. The van der Waals surface area contributed by atoms with E-state index in [2.05, 4.69) is 10.3 Å². The van der Waals surface area contributed by atoms with E-state index in [1.807, 2.05) is 23.1 Å². The van der Waals surface area contributed by atoms with Gasteiger partial charge in [-0.25, -0.2) is 9.37 Å². The van der Waals surface area contributed by atoms with Gasteiger partial charge in [-0.05, 0) is 64.0 Å². The minimum atomic E-state index is -0.922. The van der Waals surface area contributed by atoms with Crippen LogP contribution in [0.1, 0.15) is 79.4 Å². The number of nitrogens with zero attached hydrogens (tertiary/aromatic N) is 3. The van der Waals surface area contributed by atoms with Gasteiger partial charge in [-0.3, -0.25) is 14.7 Å². The van der Waals surface area contributed by atoms with Crippen molar-refractivity contribution < 1.29 is 19.0 Å².